The van der Waals surface area contributed by atoms with Gasteiger partial charge in [0.2, 0.25) is 0 Å². The number of aromatic nitrogens is 1. The fourth-order valence-electron chi connectivity index (χ4n) is 2.49. The second kappa shape index (κ2) is 6.74. The maximum Gasteiger partial charge on any atom is 0.416 e. The van der Waals surface area contributed by atoms with Gasteiger partial charge < -0.3 is 10.7 Å². The van der Waals surface area contributed by atoms with Gasteiger partial charge in [0.15, 0.2) is 0 Å². The van der Waals surface area contributed by atoms with Crippen molar-refractivity contribution in [1.29, 1.82) is 0 Å². The molecule has 0 unspecified atom stereocenters. The quantitative estimate of drug-likeness (QED) is 0.586. The van der Waals surface area contributed by atoms with Crippen LogP contribution in [0.25, 0.3) is 0 Å². The molecule has 8 heteroatoms. The predicted molar refractivity (Wildman–Crippen MR) is 80.2 cm³/mol. The van der Waals surface area contributed by atoms with E-state index in [1.807, 2.05) is 11.8 Å². The van der Waals surface area contributed by atoms with Gasteiger partial charge in [-0.25, -0.2) is 10.8 Å². The average Bonchev–Trinajstić information content (AvgIpc) is 2.46. The number of hydrogen-bond acceptors (Lipinski definition) is 5. The number of nitrogens with zero attached hydrogens (tertiary/aromatic N) is 1. The van der Waals surface area contributed by atoms with Gasteiger partial charge in [-0.05, 0) is 44.1 Å². The van der Waals surface area contributed by atoms with Gasteiger partial charge in [0.05, 0.1) is 5.56 Å². The fraction of sp³-hybridized carbons (Fsp3) is 0.615. The second-order valence-corrected chi connectivity index (χ2v) is 6.26. The highest BCUT2D eigenvalue weighted by molar-refractivity contribution is 7.99. The molecule has 118 valence electrons. The number of nitrogen functional groups attached to an aromatic ring is 1. The number of nitrogens with two attached hydrogens (primary N) is 1. The van der Waals surface area contributed by atoms with Gasteiger partial charge >= 0.3 is 6.18 Å². The highest BCUT2D eigenvalue weighted by Gasteiger charge is 2.32. The highest BCUT2D eigenvalue weighted by atomic mass is 32.2. The summed E-state index contributed by atoms with van der Waals surface area (Å²) in [6.07, 6.45) is 1.69. The zero-order valence-electron chi connectivity index (χ0n) is 11.7. The summed E-state index contributed by atoms with van der Waals surface area (Å²) >= 11 is 1.85. The van der Waals surface area contributed by atoms with Crippen LogP contribution in [-0.2, 0) is 6.18 Å². The maximum absolute atomic E-state index is 12.8. The third kappa shape index (κ3) is 4.41. The van der Waals surface area contributed by atoms with Crippen LogP contribution in [0.5, 0.6) is 0 Å². The van der Waals surface area contributed by atoms with Crippen molar-refractivity contribution >= 4 is 23.4 Å². The Morgan fingerprint density at radius 3 is 2.33 bits per heavy atom. The Morgan fingerprint density at radius 2 is 1.81 bits per heavy atom. The van der Waals surface area contributed by atoms with Gasteiger partial charge in [-0.1, -0.05) is 0 Å². The highest BCUT2D eigenvalue weighted by Crippen LogP contribution is 2.33. The molecule has 1 heterocycles. The molecule has 0 spiro atoms. The Morgan fingerprint density at radius 1 is 1.19 bits per heavy atom. The van der Waals surface area contributed by atoms with E-state index < -0.39 is 11.7 Å². The molecule has 1 aliphatic rings. The molecule has 0 saturated heterocycles. The lowest BCUT2D eigenvalue weighted by molar-refractivity contribution is -0.137. The van der Waals surface area contributed by atoms with E-state index in [1.54, 1.807) is 0 Å². The SMILES string of the molecule is CSC1CCC(Nc2cc(C(F)(F)F)cc(NN)n2)CC1. The van der Waals surface area contributed by atoms with Crippen molar-refractivity contribution in [3.63, 3.8) is 0 Å². The summed E-state index contributed by atoms with van der Waals surface area (Å²) in [6, 6.07) is 2.09. The van der Waals surface area contributed by atoms with Gasteiger partial charge in [0.25, 0.3) is 0 Å². The molecular formula is C13H19F3N4S. The fourth-order valence-corrected chi connectivity index (χ4v) is 3.24. The molecule has 21 heavy (non-hydrogen) atoms. The van der Waals surface area contributed by atoms with Crippen LogP contribution in [0.4, 0.5) is 24.8 Å². The Labute approximate surface area is 126 Å². The van der Waals surface area contributed by atoms with Gasteiger partial charge in [0.1, 0.15) is 11.6 Å². The van der Waals surface area contributed by atoms with Gasteiger partial charge in [-0.3, -0.25) is 0 Å². The van der Waals surface area contributed by atoms with Gasteiger partial charge in [0, 0.05) is 11.3 Å². The van der Waals surface area contributed by atoms with Crippen LogP contribution >= 0.6 is 11.8 Å². The van der Waals surface area contributed by atoms with Crippen molar-refractivity contribution in [2.24, 2.45) is 5.84 Å². The number of thioether (sulfide) groups is 1. The van der Waals surface area contributed by atoms with Crippen molar-refractivity contribution in [3.05, 3.63) is 17.7 Å². The number of rotatable bonds is 4. The van der Waals surface area contributed by atoms with E-state index in [-0.39, 0.29) is 17.7 Å². The average molecular weight is 320 g/mol. The van der Waals surface area contributed by atoms with Crippen LogP contribution in [0.3, 0.4) is 0 Å². The minimum absolute atomic E-state index is 0.00475. The first-order valence-corrected chi connectivity index (χ1v) is 8.06. The minimum Gasteiger partial charge on any atom is -0.367 e. The molecular weight excluding hydrogens is 301 g/mol. The zero-order valence-corrected chi connectivity index (χ0v) is 12.5. The van der Waals surface area contributed by atoms with E-state index in [0.29, 0.717) is 5.25 Å². The van der Waals surface area contributed by atoms with Crippen LogP contribution in [0.15, 0.2) is 12.1 Å². The summed E-state index contributed by atoms with van der Waals surface area (Å²) in [4.78, 5) is 4.05. The topological polar surface area (TPSA) is 63.0 Å². The molecule has 0 bridgehead atoms. The monoisotopic (exact) mass is 320 g/mol. The number of anilines is 2. The van der Waals surface area contributed by atoms with Crippen LogP contribution in [0.2, 0.25) is 0 Å². The molecule has 0 radical (unpaired) electrons. The van der Waals surface area contributed by atoms with Crippen molar-refractivity contribution in [1.82, 2.24) is 4.98 Å². The minimum atomic E-state index is -4.42. The summed E-state index contributed by atoms with van der Waals surface area (Å²) in [5.74, 6) is 5.41. The van der Waals surface area contributed by atoms with Crippen LogP contribution in [-0.4, -0.2) is 22.5 Å². The molecule has 1 fully saturated rings. The van der Waals surface area contributed by atoms with E-state index in [9.17, 15) is 13.2 Å². The molecule has 0 atom stereocenters. The number of nitrogens with one attached hydrogen (secondary N) is 2. The first-order chi connectivity index (χ1) is 9.92. The van der Waals surface area contributed by atoms with Crippen LogP contribution in [0, 0.1) is 0 Å². The van der Waals surface area contributed by atoms with Crippen molar-refractivity contribution < 1.29 is 13.2 Å². The normalized spacial score (nSPS) is 22.9. The molecule has 0 aromatic carbocycles. The number of hydrogen-bond donors (Lipinski definition) is 3. The zero-order chi connectivity index (χ0) is 15.5. The molecule has 1 aliphatic carbocycles. The summed E-state index contributed by atoms with van der Waals surface area (Å²) in [6.45, 7) is 0. The Bertz CT molecular complexity index is 473. The smallest absolute Gasteiger partial charge is 0.367 e. The molecule has 1 aromatic rings. The van der Waals surface area contributed by atoms with Crippen molar-refractivity contribution in [2.75, 3.05) is 17.0 Å². The molecule has 0 amide bonds. The van der Waals surface area contributed by atoms with Crippen LogP contribution < -0.4 is 16.6 Å². The summed E-state index contributed by atoms with van der Waals surface area (Å²) < 4.78 is 38.5. The first kappa shape index (κ1) is 16.2. The van der Waals surface area contributed by atoms with Crippen molar-refractivity contribution in [2.45, 2.75) is 43.2 Å². The van der Waals surface area contributed by atoms with E-state index in [0.717, 1.165) is 37.8 Å². The number of pyridine rings is 1. The molecule has 1 aromatic heterocycles. The van der Waals surface area contributed by atoms with E-state index in [2.05, 4.69) is 22.0 Å². The van der Waals surface area contributed by atoms with E-state index >= 15 is 0 Å². The largest absolute Gasteiger partial charge is 0.416 e. The lowest BCUT2D eigenvalue weighted by atomic mass is 9.95. The molecule has 4 nitrogen and oxygen atoms in total. The van der Waals surface area contributed by atoms with Gasteiger partial charge in [-0.2, -0.15) is 24.9 Å². The lowest BCUT2D eigenvalue weighted by Crippen LogP contribution is -2.27. The number of alkyl halides is 3. The van der Waals surface area contributed by atoms with Crippen molar-refractivity contribution in [3.8, 4) is 0 Å². The Kier molecular flexibility index (Phi) is 5.21. The summed E-state index contributed by atoms with van der Waals surface area (Å²) in [5.41, 5.74) is 1.42. The number of hydrazine groups is 1. The van der Waals surface area contributed by atoms with E-state index in [4.69, 9.17) is 5.84 Å². The summed E-state index contributed by atoms with van der Waals surface area (Å²) in [7, 11) is 0. The number of halogens is 3. The second-order valence-electron chi connectivity index (χ2n) is 5.12. The molecule has 0 aliphatic heterocycles. The molecule has 1 saturated carbocycles. The Hall–Kier alpha value is -1.15. The first-order valence-electron chi connectivity index (χ1n) is 6.77. The maximum atomic E-state index is 12.8. The third-order valence-electron chi connectivity index (χ3n) is 3.66. The van der Waals surface area contributed by atoms with Gasteiger partial charge in [-0.15, -0.1) is 0 Å². The summed E-state index contributed by atoms with van der Waals surface area (Å²) in [5, 5.41) is 3.75. The predicted octanol–water partition coefficient (Wildman–Crippen LogP) is 3.47. The van der Waals surface area contributed by atoms with Crippen LogP contribution in [0.1, 0.15) is 31.2 Å². The molecule has 4 N–H and O–H groups in total. The lowest BCUT2D eigenvalue weighted by Gasteiger charge is -2.28. The third-order valence-corrected chi connectivity index (χ3v) is 4.80. The Balaban J connectivity index is 2.09. The molecule has 2 rings (SSSR count). The van der Waals surface area contributed by atoms with E-state index in [1.165, 1.54) is 0 Å². The standard InChI is InChI=1S/C13H19F3N4S/c1-21-10-4-2-9(3-5-10)18-11-6-8(13(14,15)16)7-12(19-11)20-17/h6-7,9-10H,2-5,17H2,1H3,(H2,18,19,20).